The van der Waals surface area contributed by atoms with E-state index < -0.39 is 17.8 Å². The highest BCUT2D eigenvalue weighted by molar-refractivity contribution is 6.41. The molecular formula is C24H21Cl2FN6O4. The van der Waals surface area contributed by atoms with Crippen molar-refractivity contribution in [2.24, 2.45) is 0 Å². The Morgan fingerprint density at radius 3 is 2.51 bits per heavy atom. The summed E-state index contributed by atoms with van der Waals surface area (Å²) in [5, 5.41) is 7.00. The molecule has 1 fully saturated rings. The molecule has 37 heavy (non-hydrogen) atoms. The zero-order chi connectivity index (χ0) is 26.3. The quantitative estimate of drug-likeness (QED) is 0.334. The molecule has 0 bridgehead atoms. The van der Waals surface area contributed by atoms with E-state index in [0.29, 0.717) is 55.3 Å². The molecule has 2 N–H and O–H groups in total. The van der Waals surface area contributed by atoms with E-state index in [0.717, 1.165) is 0 Å². The molecule has 13 heteroatoms. The standard InChI is InChI=1S/C24H21Cl2FN6O4/c1-11(27)23(34)30-14-9-37-10-15(14)31-24-29-8-12-6-13(22-28-4-5-33(22)21(12)32-24)18-19(25)16(35-2)7-17(36-3)20(18)26/h4-8,14-15H,1,9-10H2,2-3H3,(H,30,34)(H,29,31,32). The number of imidazole rings is 1. The summed E-state index contributed by atoms with van der Waals surface area (Å²) in [6.07, 6.45) is 5.03. The molecule has 10 nitrogen and oxygen atoms in total. The number of hydrogen-bond donors (Lipinski definition) is 2. The highest BCUT2D eigenvalue weighted by Gasteiger charge is 2.31. The number of benzene rings is 1. The molecule has 2 unspecified atom stereocenters. The molecule has 1 aromatic carbocycles. The Labute approximate surface area is 220 Å². The van der Waals surface area contributed by atoms with E-state index in [4.69, 9.17) is 37.4 Å². The number of anilines is 1. The number of amides is 1. The minimum absolute atomic E-state index is 0.213. The maximum atomic E-state index is 13.2. The number of aromatic nitrogens is 4. The van der Waals surface area contributed by atoms with Crippen LogP contribution in [0.2, 0.25) is 10.0 Å². The predicted octanol–water partition coefficient (Wildman–Crippen LogP) is 4.05. The van der Waals surface area contributed by atoms with Gasteiger partial charge in [-0.2, -0.15) is 4.98 Å². The number of rotatable bonds is 7. The van der Waals surface area contributed by atoms with Crippen molar-refractivity contribution < 1.29 is 23.4 Å². The highest BCUT2D eigenvalue weighted by atomic mass is 35.5. The minimum Gasteiger partial charge on any atom is -0.495 e. The molecule has 0 spiro atoms. The molecule has 4 heterocycles. The second kappa shape index (κ2) is 10.0. The largest absolute Gasteiger partial charge is 0.495 e. The number of carbonyl (C=O) groups is 1. The lowest BCUT2D eigenvalue weighted by atomic mass is 10.0. The second-order valence-electron chi connectivity index (χ2n) is 8.21. The Morgan fingerprint density at radius 2 is 1.84 bits per heavy atom. The molecule has 1 aliphatic rings. The molecule has 0 aliphatic carbocycles. The van der Waals surface area contributed by atoms with Gasteiger partial charge in [-0.05, 0) is 6.07 Å². The topological polar surface area (TPSA) is 112 Å². The monoisotopic (exact) mass is 546 g/mol. The third-order valence-corrected chi connectivity index (χ3v) is 6.76. The number of ether oxygens (including phenoxy) is 3. The second-order valence-corrected chi connectivity index (χ2v) is 8.96. The Hall–Kier alpha value is -3.67. The fourth-order valence-electron chi connectivity index (χ4n) is 4.20. The third-order valence-electron chi connectivity index (χ3n) is 6.01. The molecule has 2 atom stereocenters. The van der Waals surface area contributed by atoms with Crippen molar-refractivity contribution in [3.63, 3.8) is 0 Å². The van der Waals surface area contributed by atoms with E-state index in [9.17, 15) is 9.18 Å². The number of pyridine rings is 1. The molecule has 4 aromatic rings. The number of nitrogens with zero attached hydrogens (tertiary/aromatic N) is 4. The van der Waals surface area contributed by atoms with Gasteiger partial charge in [0.2, 0.25) is 5.95 Å². The van der Waals surface area contributed by atoms with Crippen molar-refractivity contribution in [3.05, 3.63) is 53.2 Å². The molecule has 3 aromatic heterocycles. The van der Waals surface area contributed by atoms with Crippen LogP contribution in [-0.4, -0.2) is 64.8 Å². The molecule has 1 saturated heterocycles. The van der Waals surface area contributed by atoms with E-state index in [1.54, 1.807) is 29.1 Å². The van der Waals surface area contributed by atoms with Gasteiger partial charge < -0.3 is 24.8 Å². The Bertz CT molecular complexity index is 1520. The van der Waals surface area contributed by atoms with Crippen LogP contribution in [0.15, 0.2) is 43.1 Å². The van der Waals surface area contributed by atoms with Crippen molar-refractivity contribution in [2.45, 2.75) is 12.1 Å². The van der Waals surface area contributed by atoms with Gasteiger partial charge in [-0.1, -0.05) is 29.8 Å². The first-order valence-electron chi connectivity index (χ1n) is 11.0. The van der Waals surface area contributed by atoms with Crippen molar-refractivity contribution in [2.75, 3.05) is 32.8 Å². The summed E-state index contributed by atoms with van der Waals surface area (Å²) in [5.74, 6) is -0.866. The molecule has 1 aliphatic heterocycles. The summed E-state index contributed by atoms with van der Waals surface area (Å²) >= 11 is 13.3. The minimum atomic E-state index is -1.07. The van der Waals surface area contributed by atoms with Gasteiger partial charge in [0.15, 0.2) is 11.5 Å². The Balaban J connectivity index is 1.56. The van der Waals surface area contributed by atoms with Crippen molar-refractivity contribution in [3.8, 4) is 22.6 Å². The zero-order valence-electron chi connectivity index (χ0n) is 19.7. The van der Waals surface area contributed by atoms with Gasteiger partial charge in [0.25, 0.3) is 5.91 Å². The lowest BCUT2D eigenvalue weighted by Crippen LogP contribution is -2.46. The fourth-order valence-corrected chi connectivity index (χ4v) is 4.90. The summed E-state index contributed by atoms with van der Waals surface area (Å²) < 4.78 is 31.2. The first-order valence-corrected chi connectivity index (χ1v) is 11.8. The Morgan fingerprint density at radius 1 is 1.14 bits per heavy atom. The van der Waals surface area contributed by atoms with Gasteiger partial charge in [0.05, 0.1) is 49.6 Å². The van der Waals surface area contributed by atoms with E-state index in [1.165, 1.54) is 14.2 Å². The normalized spacial score (nSPS) is 17.2. The van der Waals surface area contributed by atoms with E-state index in [-0.39, 0.29) is 19.3 Å². The van der Waals surface area contributed by atoms with Crippen molar-refractivity contribution in [1.82, 2.24) is 24.7 Å². The average molecular weight is 547 g/mol. The lowest BCUT2D eigenvalue weighted by Gasteiger charge is -2.20. The van der Waals surface area contributed by atoms with Crippen LogP contribution in [0.4, 0.5) is 10.3 Å². The summed E-state index contributed by atoms with van der Waals surface area (Å²) in [5.41, 5.74) is 2.24. The van der Waals surface area contributed by atoms with Crippen molar-refractivity contribution >= 4 is 51.7 Å². The lowest BCUT2D eigenvalue weighted by molar-refractivity contribution is -0.119. The number of hydrogen-bond acceptors (Lipinski definition) is 8. The van der Waals surface area contributed by atoms with Crippen LogP contribution in [0.25, 0.3) is 27.8 Å². The molecule has 1 amide bonds. The summed E-state index contributed by atoms with van der Waals surface area (Å²) in [6.45, 7) is 3.51. The van der Waals surface area contributed by atoms with Gasteiger partial charge in [-0.25, -0.2) is 14.4 Å². The highest BCUT2D eigenvalue weighted by Crippen LogP contribution is 2.47. The van der Waals surface area contributed by atoms with Gasteiger partial charge >= 0.3 is 0 Å². The summed E-state index contributed by atoms with van der Waals surface area (Å²) in [6, 6.07) is 2.59. The van der Waals surface area contributed by atoms with E-state index >= 15 is 0 Å². The smallest absolute Gasteiger partial charge is 0.279 e. The zero-order valence-corrected chi connectivity index (χ0v) is 21.2. The first-order chi connectivity index (χ1) is 17.8. The van der Waals surface area contributed by atoms with Crippen molar-refractivity contribution in [1.29, 1.82) is 0 Å². The van der Waals surface area contributed by atoms with Crippen LogP contribution in [0.3, 0.4) is 0 Å². The number of carbonyl (C=O) groups excluding carboxylic acids is 1. The third kappa shape index (κ3) is 4.50. The van der Waals surface area contributed by atoms with Crippen LogP contribution in [0, 0.1) is 0 Å². The SMILES string of the molecule is C=C(F)C(=O)NC1COCC1Nc1ncc2cc(-c3c(Cl)c(OC)cc(OC)c3Cl)c3nccn3c2n1. The van der Waals surface area contributed by atoms with Crippen LogP contribution < -0.4 is 20.1 Å². The molecule has 0 radical (unpaired) electrons. The van der Waals surface area contributed by atoms with Gasteiger partial charge in [-0.15, -0.1) is 0 Å². The first kappa shape index (κ1) is 25.0. The number of fused-ring (bicyclic) bond motifs is 3. The average Bonchev–Trinajstić information content (AvgIpc) is 3.54. The molecular weight excluding hydrogens is 526 g/mol. The number of methoxy groups -OCH3 is 2. The number of nitrogens with one attached hydrogen (secondary N) is 2. The molecule has 5 rings (SSSR count). The van der Waals surface area contributed by atoms with Crippen LogP contribution in [-0.2, 0) is 9.53 Å². The van der Waals surface area contributed by atoms with Crippen LogP contribution in [0.5, 0.6) is 11.5 Å². The Kier molecular flexibility index (Phi) is 6.76. The van der Waals surface area contributed by atoms with E-state index in [1.807, 2.05) is 6.07 Å². The maximum absolute atomic E-state index is 13.2. The summed E-state index contributed by atoms with van der Waals surface area (Å²) in [7, 11) is 3.01. The van der Waals surface area contributed by atoms with Gasteiger partial charge in [0.1, 0.15) is 17.1 Å². The fraction of sp³-hybridized carbons (Fsp3) is 0.250. The predicted molar refractivity (Wildman–Crippen MR) is 137 cm³/mol. The maximum Gasteiger partial charge on any atom is 0.279 e. The molecule has 192 valence electrons. The number of halogens is 3. The van der Waals surface area contributed by atoms with Crippen LogP contribution in [0.1, 0.15) is 0 Å². The van der Waals surface area contributed by atoms with Gasteiger partial charge in [-0.3, -0.25) is 9.20 Å². The van der Waals surface area contributed by atoms with E-state index in [2.05, 4.69) is 32.2 Å². The van der Waals surface area contributed by atoms with Crippen LogP contribution >= 0.6 is 23.2 Å². The van der Waals surface area contributed by atoms with Gasteiger partial charge in [0, 0.05) is 41.2 Å². The molecule has 0 saturated carbocycles. The summed E-state index contributed by atoms with van der Waals surface area (Å²) in [4.78, 5) is 25.3.